The summed E-state index contributed by atoms with van der Waals surface area (Å²) in [5.74, 6) is -1.31. The number of amides is 4. The van der Waals surface area contributed by atoms with Crippen LogP contribution in [0.2, 0.25) is 5.02 Å². The van der Waals surface area contributed by atoms with Gasteiger partial charge in [-0.15, -0.1) is 0 Å². The van der Waals surface area contributed by atoms with E-state index in [1.54, 1.807) is 30.5 Å². The molecule has 1 unspecified atom stereocenters. The summed E-state index contributed by atoms with van der Waals surface area (Å²) in [6.07, 6.45) is 2.10. The third kappa shape index (κ3) is 4.65. The highest BCUT2D eigenvalue weighted by molar-refractivity contribution is 6.30. The summed E-state index contributed by atoms with van der Waals surface area (Å²) in [6.45, 7) is 0.535. The molecule has 1 aromatic heterocycles. The number of pyridine rings is 1. The van der Waals surface area contributed by atoms with Gasteiger partial charge in [0.15, 0.2) is 0 Å². The molecule has 0 spiro atoms. The molecule has 4 amide bonds. The van der Waals surface area contributed by atoms with Crippen molar-refractivity contribution in [3.63, 3.8) is 0 Å². The van der Waals surface area contributed by atoms with E-state index in [9.17, 15) is 19.2 Å². The number of aromatic nitrogens is 1. The monoisotopic (exact) mass is 488 g/mol. The summed E-state index contributed by atoms with van der Waals surface area (Å²) in [5, 5.41) is 5.77. The van der Waals surface area contributed by atoms with Gasteiger partial charge in [-0.25, -0.2) is 0 Å². The first-order valence-corrected chi connectivity index (χ1v) is 11.5. The van der Waals surface area contributed by atoms with Crippen molar-refractivity contribution in [2.45, 2.75) is 32.0 Å². The number of halogens is 1. The second kappa shape index (κ2) is 9.31. The number of hydrogen-bond acceptors (Lipinski definition) is 5. The van der Waals surface area contributed by atoms with Crippen LogP contribution in [0.15, 0.2) is 60.8 Å². The van der Waals surface area contributed by atoms with Gasteiger partial charge in [0.05, 0.1) is 0 Å². The van der Waals surface area contributed by atoms with E-state index in [-0.39, 0.29) is 42.9 Å². The maximum atomic E-state index is 12.8. The number of imide groups is 1. The number of hydrogen-bond donors (Lipinski definition) is 2. The maximum Gasteiger partial charge on any atom is 0.270 e. The highest BCUT2D eigenvalue weighted by atomic mass is 35.5. The first kappa shape index (κ1) is 22.7. The molecule has 3 aromatic rings. The molecular weight excluding hydrogens is 468 g/mol. The normalized spacial score (nSPS) is 17.2. The fourth-order valence-corrected chi connectivity index (χ4v) is 4.60. The largest absolute Gasteiger partial charge is 0.347 e. The molecule has 9 heteroatoms. The van der Waals surface area contributed by atoms with Gasteiger partial charge < -0.3 is 10.2 Å². The SMILES string of the molecule is O=C1CCC(N2Cc3cc(CNC(=O)c4cc(-c5cccc(Cl)c5)ccn4)ccc3C2=O)C(=O)N1. The van der Waals surface area contributed by atoms with Gasteiger partial charge in [-0.2, -0.15) is 0 Å². The average Bonchev–Trinajstić information content (AvgIpc) is 3.18. The van der Waals surface area contributed by atoms with Crippen LogP contribution < -0.4 is 10.6 Å². The molecule has 0 saturated carbocycles. The predicted octanol–water partition coefficient (Wildman–Crippen LogP) is 3.09. The van der Waals surface area contributed by atoms with Crippen LogP contribution in [0, 0.1) is 0 Å². The Hall–Kier alpha value is -4.04. The minimum Gasteiger partial charge on any atom is -0.347 e. The van der Waals surface area contributed by atoms with Crippen LogP contribution in [0.25, 0.3) is 11.1 Å². The van der Waals surface area contributed by atoms with E-state index in [0.29, 0.717) is 17.0 Å². The molecule has 0 aliphatic carbocycles. The van der Waals surface area contributed by atoms with Crippen molar-refractivity contribution in [3.05, 3.63) is 88.2 Å². The molecule has 2 N–H and O–H groups in total. The van der Waals surface area contributed by atoms with Gasteiger partial charge in [-0.3, -0.25) is 29.5 Å². The maximum absolute atomic E-state index is 12.8. The van der Waals surface area contributed by atoms with E-state index in [1.807, 2.05) is 30.3 Å². The summed E-state index contributed by atoms with van der Waals surface area (Å²) in [4.78, 5) is 54.9. The van der Waals surface area contributed by atoms with Crippen LogP contribution >= 0.6 is 11.6 Å². The van der Waals surface area contributed by atoms with Gasteiger partial charge in [0.25, 0.3) is 11.8 Å². The fraction of sp³-hybridized carbons (Fsp3) is 0.192. The van der Waals surface area contributed by atoms with Crippen LogP contribution in [0.4, 0.5) is 0 Å². The molecule has 0 radical (unpaired) electrons. The van der Waals surface area contributed by atoms with Gasteiger partial charge in [0.1, 0.15) is 11.7 Å². The lowest BCUT2D eigenvalue weighted by Crippen LogP contribution is -2.52. The Morgan fingerprint density at radius 1 is 1.09 bits per heavy atom. The molecule has 2 aromatic carbocycles. The van der Waals surface area contributed by atoms with E-state index < -0.39 is 11.9 Å². The molecule has 8 nitrogen and oxygen atoms in total. The Bertz CT molecular complexity index is 1370. The van der Waals surface area contributed by atoms with Crippen molar-refractivity contribution < 1.29 is 19.2 Å². The van der Waals surface area contributed by atoms with E-state index >= 15 is 0 Å². The smallest absolute Gasteiger partial charge is 0.270 e. The third-order valence-electron chi connectivity index (χ3n) is 6.19. The molecular formula is C26H21ClN4O4. The molecule has 5 rings (SSSR count). The standard InChI is InChI=1S/C26H21ClN4O4/c27-19-3-1-2-16(11-19)17-8-9-28-21(12-17)24(33)29-13-15-4-5-20-18(10-15)14-31(26(20)35)22-6-7-23(32)30-25(22)34/h1-5,8-12,22H,6-7,13-14H2,(H,29,33)(H,30,32,34). The molecule has 1 atom stereocenters. The quantitative estimate of drug-likeness (QED) is 0.536. The topological polar surface area (TPSA) is 108 Å². The minimum atomic E-state index is -0.659. The van der Waals surface area contributed by atoms with Gasteiger partial charge >= 0.3 is 0 Å². The van der Waals surface area contributed by atoms with Crippen molar-refractivity contribution in [1.29, 1.82) is 0 Å². The summed E-state index contributed by atoms with van der Waals surface area (Å²) in [6, 6.07) is 15.6. The Balaban J connectivity index is 1.26. The fourth-order valence-electron chi connectivity index (χ4n) is 4.41. The van der Waals surface area contributed by atoms with Crippen LogP contribution in [-0.4, -0.2) is 39.6 Å². The van der Waals surface area contributed by atoms with E-state index in [1.165, 1.54) is 4.90 Å². The minimum absolute atomic E-state index is 0.209. The van der Waals surface area contributed by atoms with Gasteiger partial charge in [-0.1, -0.05) is 35.9 Å². The molecule has 2 aliphatic rings. The van der Waals surface area contributed by atoms with Crippen LogP contribution in [0.5, 0.6) is 0 Å². The molecule has 1 fully saturated rings. The average molecular weight is 489 g/mol. The Morgan fingerprint density at radius 2 is 1.91 bits per heavy atom. The lowest BCUT2D eigenvalue weighted by atomic mass is 10.0. The molecule has 1 saturated heterocycles. The molecule has 35 heavy (non-hydrogen) atoms. The first-order valence-electron chi connectivity index (χ1n) is 11.2. The second-order valence-electron chi connectivity index (χ2n) is 8.51. The van der Waals surface area contributed by atoms with Crippen molar-refractivity contribution in [1.82, 2.24) is 20.5 Å². The summed E-state index contributed by atoms with van der Waals surface area (Å²) in [7, 11) is 0. The highest BCUT2D eigenvalue weighted by Crippen LogP contribution is 2.28. The van der Waals surface area contributed by atoms with Crippen molar-refractivity contribution in [2.24, 2.45) is 0 Å². The number of piperidine rings is 1. The molecule has 3 heterocycles. The summed E-state index contributed by atoms with van der Waals surface area (Å²) in [5.41, 5.74) is 4.13. The number of nitrogens with one attached hydrogen (secondary N) is 2. The molecule has 0 bridgehead atoms. The number of carbonyl (C=O) groups is 4. The van der Waals surface area contributed by atoms with E-state index in [4.69, 9.17) is 11.6 Å². The van der Waals surface area contributed by atoms with Gasteiger partial charge in [0, 0.05) is 36.3 Å². The lowest BCUT2D eigenvalue weighted by molar-refractivity contribution is -0.136. The Kier molecular flexibility index (Phi) is 6.05. The highest BCUT2D eigenvalue weighted by Gasteiger charge is 2.39. The number of benzene rings is 2. The summed E-state index contributed by atoms with van der Waals surface area (Å²) < 4.78 is 0. The van der Waals surface area contributed by atoms with E-state index in [2.05, 4.69) is 15.6 Å². The van der Waals surface area contributed by atoms with Crippen molar-refractivity contribution >= 4 is 35.2 Å². The third-order valence-corrected chi connectivity index (χ3v) is 6.43. The van der Waals surface area contributed by atoms with Crippen LogP contribution in [0.1, 0.15) is 44.8 Å². The van der Waals surface area contributed by atoms with Crippen LogP contribution in [0.3, 0.4) is 0 Å². The number of carbonyl (C=O) groups excluding carboxylic acids is 4. The zero-order valence-electron chi connectivity index (χ0n) is 18.6. The predicted molar refractivity (Wildman–Crippen MR) is 128 cm³/mol. The molecule has 2 aliphatic heterocycles. The first-order chi connectivity index (χ1) is 16.9. The van der Waals surface area contributed by atoms with E-state index in [0.717, 1.165) is 22.3 Å². The Morgan fingerprint density at radius 3 is 2.71 bits per heavy atom. The van der Waals surface area contributed by atoms with Crippen molar-refractivity contribution in [3.8, 4) is 11.1 Å². The number of rotatable bonds is 5. The lowest BCUT2D eigenvalue weighted by Gasteiger charge is -2.29. The van der Waals surface area contributed by atoms with Crippen LogP contribution in [-0.2, 0) is 22.7 Å². The summed E-state index contributed by atoms with van der Waals surface area (Å²) >= 11 is 6.08. The second-order valence-corrected chi connectivity index (χ2v) is 8.95. The number of fused-ring (bicyclic) bond motifs is 1. The Labute approximate surface area is 206 Å². The van der Waals surface area contributed by atoms with Gasteiger partial charge in [-0.05, 0) is 59.0 Å². The molecule has 176 valence electrons. The zero-order valence-corrected chi connectivity index (χ0v) is 19.3. The van der Waals surface area contributed by atoms with Gasteiger partial charge in [0.2, 0.25) is 11.8 Å². The zero-order chi connectivity index (χ0) is 24.5. The van der Waals surface area contributed by atoms with Crippen molar-refractivity contribution in [2.75, 3.05) is 0 Å². The number of nitrogens with zero attached hydrogens (tertiary/aromatic N) is 2.